The van der Waals surface area contributed by atoms with Gasteiger partial charge in [-0.25, -0.2) is 4.39 Å². The fourth-order valence-corrected chi connectivity index (χ4v) is 3.65. The number of methoxy groups -OCH3 is 1. The van der Waals surface area contributed by atoms with Crippen LogP contribution in [-0.4, -0.2) is 28.9 Å². The number of hydrogen-bond donors (Lipinski definition) is 1. The number of halogens is 1. The molecule has 2 heterocycles. The largest absolute Gasteiger partial charge is 0.507 e. The van der Waals surface area contributed by atoms with Gasteiger partial charge >= 0.3 is 0 Å². The molecule has 1 atom stereocenters. The molecule has 0 saturated carbocycles. The van der Waals surface area contributed by atoms with Crippen LogP contribution in [0.15, 0.2) is 72.6 Å². The molecule has 7 heteroatoms. The van der Waals surface area contributed by atoms with Gasteiger partial charge in [0.1, 0.15) is 17.3 Å². The van der Waals surface area contributed by atoms with E-state index in [1.807, 2.05) is 0 Å². The monoisotopic (exact) mass is 418 g/mol. The number of anilines is 1. The zero-order valence-corrected chi connectivity index (χ0v) is 16.9. The minimum atomic E-state index is -0.873. The molecular formula is C24H19FN2O4. The summed E-state index contributed by atoms with van der Waals surface area (Å²) >= 11 is 0. The number of carbonyl (C=O) groups excluding carboxylic acids is 2. The Bertz CT molecular complexity index is 1190. The summed E-state index contributed by atoms with van der Waals surface area (Å²) in [6.07, 6.45) is 3.09. The Hall–Kier alpha value is -4.00. The molecule has 0 aliphatic carbocycles. The lowest BCUT2D eigenvalue weighted by molar-refractivity contribution is -0.132. The second kappa shape index (κ2) is 8.02. The number of carbonyl (C=O) groups is 2. The van der Waals surface area contributed by atoms with Crippen LogP contribution in [0.25, 0.3) is 5.76 Å². The van der Waals surface area contributed by atoms with Crippen molar-refractivity contribution in [3.8, 4) is 5.75 Å². The number of rotatable bonds is 4. The van der Waals surface area contributed by atoms with Crippen LogP contribution in [0.4, 0.5) is 10.1 Å². The van der Waals surface area contributed by atoms with Gasteiger partial charge in [-0.15, -0.1) is 0 Å². The summed E-state index contributed by atoms with van der Waals surface area (Å²) in [5.74, 6) is -1.78. The number of aliphatic hydroxyl groups excluding tert-OH is 1. The van der Waals surface area contributed by atoms with Gasteiger partial charge in [-0.2, -0.15) is 0 Å². The summed E-state index contributed by atoms with van der Waals surface area (Å²) in [5.41, 5.74) is 1.57. The molecule has 1 aliphatic rings. The highest BCUT2D eigenvalue weighted by Gasteiger charge is 2.47. The lowest BCUT2D eigenvalue weighted by Crippen LogP contribution is -2.29. The molecule has 1 unspecified atom stereocenters. The molecule has 1 amide bonds. The highest BCUT2D eigenvalue weighted by Crippen LogP contribution is 2.42. The Balaban J connectivity index is 1.92. The van der Waals surface area contributed by atoms with Gasteiger partial charge in [0.2, 0.25) is 0 Å². The van der Waals surface area contributed by atoms with Crippen LogP contribution in [-0.2, 0) is 9.59 Å². The summed E-state index contributed by atoms with van der Waals surface area (Å²) in [5, 5.41) is 11.0. The predicted octanol–water partition coefficient (Wildman–Crippen LogP) is 4.16. The summed E-state index contributed by atoms with van der Waals surface area (Å²) in [7, 11) is 1.53. The Kier molecular flexibility index (Phi) is 5.25. The van der Waals surface area contributed by atoms with Gasteiger partial charge in [0.15, 0.2) is 0 Å². The van der Waals surface area contributed by atoms with Crippen LogP contribution in [0.1, 0.15) is 22.7 Å². The standard InChI is InChI=1S/C24H19FN2O4/c1-14-13-16(3-8-19(14)25)22(28)20-21(15-9-11-26-12-10-15)27(24(30)23(20)29)17-4-6-18(31-2)7-5-17/h3-13,21,28H,1-2H3/b22-20-. The fourth-order valence-electron chi connectivity index (χ4n) is 3.65. The number of ketones is 1. The van der Waals surface area contributed by atoms with E-state index >= 15 is 0 Å². The number of aryl methyl sites for hydroxylation is 1. The number of aliphatic hydroxyl groups is 1. The first-order valence-corrected chi connectivity index (χ1v) is 9.54. The van der Waals surface area contributed by atoms with Crippen molar-refractivity contribution >= 4 is 23.1 Å². The van der Waals surface area contributed by atoms with Crippen LogP contribution in [0.3, 0.4) is 0 Å². The topological polar surface area (TPSA) is 79.7 Å². The molecule has 6 nitrogen and oxygen atoms in total. The van der Waals surface area contributed by atoms with Crippen LogP contribution < -0.4 is 9.64 Å². The number of hydrogen-bond acceptors (Lipinski definition) is 5. The first-order chi connectivity index (χ1) is 14.9. The maximum Gasteiger partial charge on any atom is 0.300 e. The van der Waals surface area contributed by atoms with Crippen molar-refractivity contribution in [2.75, 3.05) is 12.0 Å². The molecule has 1 N–H and O–H groups in total. The van der Waals surface area contributed by atoms with Gasteiger partial charge in [0.25, 0.3) is 11.7 Å². The molecule has 31 heavy (non-hydrogen) atoms. The molecule has 156 valence electrons. The molecular weight excluding hydrogens is 399 g/mol. The van der Waals surface area contributed by atoms with Crippen molar-refractivity contribution in [3.05, 3.63) is 95.1 Å². The van der Waals surface area contributed by atoms with Crippen molar-refractivity contribution in [2.24, 2.45) is 0 Å². The van der Waals surface area contributed by atoms with Crippen molar-refractivity contribution in [3.63, 3.8) is 0 Å². The van der Waals surface area contributed by atoms with E-state index in [0.29, 0.717) is 22.6 Å². The summed E-state index contributed by atoms with van der Waals surface area (Å²) in [6.45, 7) is 1.56. The highest BCUT2D eigenvalue weighted by atomic mass is 19.1. The van der Waals surface area contributed by atoms with Crippen molar-refractivity contribution in [2.45, 2.75) is 13.0 Å². The Morgan fingerprint density at radius 2 is 1.74 bits per heavy atom. The van der Waals surface area contributed by atoms with Crippen LogP contribution in [0.5, 0.6) is 5.75 Å². The average molecular weight is 418 g/mol. The third kappa shape index (κ3) is 3.54. The van der Waals surface area contributed by atoms with Crippen LogP contribution >= 0.6 is 0 Å². The predicted molar refractivity (Wildman–Crippen MR) is 113 cm³/mol. The van der Waals surface area contributed by atoms with Crippen molar-refractivity contribution in [1.82, 2.24) is 4.98 Å². The molecule has 0 bridgehead atoms. The maximum atomic E-state index is 13.7. The van der Waals surface area contributed by atoms with E-state index in [2.05, 4.69) is 4.98 Å². The lowest BCUT2D eigenvalue weighted by Gasteiger charge is -2.25. The van der Waals surface area contributed by atoms with Gasteiger partial charge in [-0.3, -0.25) is 19.5 Å². The molecule has 1 saturated heterocycles. The number of pyridine rings is 1. The minimum Gasteiger partial charge on any atom is -0.507 e. The van der Waals surface area contributed by atoms with E-state index in [1.54, 1.807) is 55.7 Å². The zero-order valence-electron chi connectivity index (χ0n) is 16.9. The van der Waals surface area contributed by atoms with Gasteiger partial charge in [-0.05, 0) is 72.6 Å². The van der Waals surface area contributed by atoms with E-state index in [0.717, 1.165) is 0 Å². The van der Waals surface area contributed by atoms with Crippen molar-refractivity contribution in [1.29, 1.82) is 0 Å². The Morgan fingerprint density at radius 1 is 1.06 bits per heavy atom. The molecule has 0 spiro atoms. The summed E-state index contributed by atoms with van der Waals surface area (Å²) in [4.78, 5) is 31.4. The zero-order chi connectivity index (χ0) is 22.1. The van der Waals surface area contributed by atoms with Crippen molar-refractivity contribution < 1.29 is 23.8 Å². The number of amides is 1. The average Bonchev–Trinajstić information content (AvgIpc) is 3.06. The van der Waals surface area contributed by atoms with E-state index in [4.69, 9.17) is 4.74 Å². The first kappa shape index (κ1) is 20.3. The molecule has 0 radical (unpaired) electrons. The van der Waals surface area contributed by atoms with Gasteiger partial charge in [-0.1, -0.05) is 0 Å². The molecule has 1 aliphatic heterocycles. The molecule has 4 rings (SSSR count). The number of Topliss-reactive ketones (excluding diaryl/α,β-unsaturated/α-hetero) is 1. The quantitative estimate of drug-likeness (QED) is 0.391. The fraction of sp³-hybridized carbons (Fsp3) is 0.125. The summed E-state index contributed by atoms with van der Waals surface area (Å²) < 4.78 is 18.9. The second-order valence-electron chi connectivity index (χ2n) is 7.11. The smallest absolute Gasteiger partial charge is 0.300 e. The van der Waals surface area contributed by atoms with E-state index in [-0.39, 0.29) is 16.9 Å². The molecule has 1 fully saturated rings. The van der Waals surface area contributed by atoms with Crippen LogP contribution in [0, 0.1) is 12.7 Å². The highest BCUT2D eigenvalue weighted by molar-refractivity contribution is 6.51. The third-order valence-electron chi connectivity index (χ3n) is 5.25. The molecule has 3 aromatic rings. The SMILES string of the molecule is COc1ccc(N2C(=O)C(=O)/C(=C(\O)c3ccc(F)c(C)c3)C2c2ccncc2)cc1. The Labute approximate surface area is 178 Å². The van der Waals surface area contributed by atoms with E-state index in [9.17, 15) is 19.1 Å². The number of ether oxygens (including phenoxy) is 1. The minimum absolute atomic E-state index is 0.0713. The first-order valence-electron chi connectivity index (χ1n) is 9.54. The second-order valence-corrected chi connectivity index (χ2v) is 7.11. The van der Waals surface area contributed by atoms with Gasteiger partial charge in [0.05, 0.1) is 18.7 Å². The number of aromatic nitrogens is 1. The van der Waals surface area contributed by atoms with Gasteiger partial charge < -0.3 is 9.84 Å². The molecule has 1 aromatic heterocycles. The Morgan fingerprint density at radius 3 is 2.35 bits per heavy atom. The van der Waals surface area contributed by atoms with E-state index < -0.39 is 23.5 Å². The van der Waals surface area contributed by atoms with Gasteiger partial charge in [0, 0.05) is 23.6 Å². The number of nitrogens with zero attached hydrogens (tertiary/aromatic N) is 2. The normalized spacial score (nSPS) is 17.8. The summed E-state index contributed by atoms with van der Waals surface area (Å²) in [6, 6.07) is 13.2. The van der Waals surface area contributed by atoms with E-state index in [1.165, 1.54) is 30.2 Å². The van der Waals surface area contributed by atoms with Crippen LogP contribution in [0.2, 0.25) is 0 Å². The third-order valence-corrected chi connectivity index (χ3v) is 5.25. The number of benzene rings is 2. The maximum absolute atomic E-state index is 13.7. The molecule has 2 aromatic carbocycles. The lowest BCUT2D eigenvalue weighted by atomic mass is 9.95.